The first kappa shape index (κ1) is 13.9. The van der Waals surface area contributed by atoms with E-state index in [1.807, 2.05) is 6.92 Å². The van der Waals surface area contributed by atoms with Crippen molar-refractivity contribution in [2.24, 2.45) is 0 Å². The van der Waals surface area contributed by atoms with Gasteiger partial charge in [0.05, 0.1) is 0 Å². The van der Waals surface area contributed by atoms with Gasteiger partial charge in [-0.3, -0.25) is 0 Å². The third-order valence-corrected chi connectivity index (χ3v) is 4.21. The predicted molar refractivity (Wildman–Crippen MR) is 87.7 cm³/mol. The van der Waals surface area contributed by atoms with Gasteiger partial charge in [0.2, 0.25) is 0 Å². The Balaban J connectivity index is 2.06. The monoisotopic (exact) mass is 282 g/mol. The summed E-state index contributed by atoms with van der Waals surface area (Å²) in [5, 5.41) is 0. The summed E-state index contributed by atoms with van der Waals surface area (Å²) in [6.07, 6.45) is 1.08. The summed E-state index contributed by atoms with van der Waals surface area (Å²) in [7, 11) is 2.13. The number of nitrogen functional groups attached to an aromatic ring is 1. The van der Waals surface area contributed by atoms with Crippen molar-refractivity contribution in [3.63, 3.8) is 0 Å². The molecule has 1 aliphatic rings. The quantitative estimate of drug-likeness (QED) is 0.919. The van der Waals surface area contributed by atoms with Gasteiger partial charge in [0.15, 0.2) is 5.82 Å². The van der Waals surface area contributed by atoms with Crippen molar-refractivity contribution in [3.05, 3.63) is 35.0 Å². The van der Waals surface area contributed by atoms with Crippen molar-refractivity contribution < 1.29 is 0 Å². The molecule has 0 saturated heterocycles. The molecule has 0 spiro atoms. The Morgan fingerprint density at radius 2 is 2.00 bits per heavy atom. The Morgan fingerprint density at radius 1 is 1.24 bits per heavy atom. The second-order valence-corrected chi connectivity index (χ2v) is 6.10. The molecule has 3 rings (SSSR count). The predicted octanol–water partition coefficient (Wildman–Crippen LogP) is 3.15. The molecule has 0 bridgehead atoms. The second kappa shape index (κ2) is 5.02. The maximum Gasteiger partial charge on any atom is 0.161 e. The molecular weight excluding hydrogens is 260 g/mol. The number of anilines is 2. The summed E-state index contributed by atoms with van der Waals surface area (Å²) >= 11 is 0. The standard InChI is InChI=1S/C17H22N4/c1-10(2)15-11(3)19-17(20-16(15)18)13-5-6-14-12(9-13)7-8-21(14)4/h5-6,9-10H,7-8H2,1-4H3,(H2,18,19,20). The molecule has 4 nitrogen and oxygen atoms in total. The summed E-state index contributed by atoms with van der Waals surface area (Å²) in [4.78, 5) is 11.5. The first-order chi connectivity index (χ1) is 9.97. The Labute approximate surface area is 126 Å². The number of nitrogens with two attached hydrogens (primary N) is 1. The van der Waals surface area contributed by atoms with E-state index in [0.29, 0.717) is 11.7 Å². The molecule has 2 heterocycles. The van der Waals surface area contributed by atoms with Gasteiger partial charge in [-0.1, -0.05) is 13.8 Å². The number of aryl methyl sites for hydroxylation is 1. The molecule has 0 unspecified atom stereocenters. The number of hydrogen-bond acceptors (Lipinski definition) is 4. The summed E-state index contributed by atoms with van der Waals surface area (Å²) in [5.74, 6) is 1.67. The smallest absolute Gasteiger partial charge is 0.161 e. The lowest BCUT2D eigenvalue weighted by atomic mass is 10.0. The molecule has 0 atom stereocenters. The van der Waals surface area contributed by atoms with Crippen LogP contribution in [0.5, 0.6) is 0 Å². The number of fused-ring (bicyclic) bond motifs is 1. The molecule has 21 heavy (non-hydrogen) atoms. The highest BCUT2D eigenvalue weighted by Crippen LogP contribution is 2.31. The molecule has 1 aromatic carbocycles. The van der Waals surface area contributed by atoms with E-state index in [1.165, 1.54) is 11.3 Å². The van der Waals surface area contributed by atoms with Crippen LogP contribution in [0.2, 0.25) is 0 Å². The van der Waals surface area contributed by atoms with Gasteiger partial charge in [-0.15, -0.1) is 0 Å². The Morgan fingerprint density at radius 3 is 2.67 bits per heavy atom. The Kier molecular flexibility index (Phi) is 3.32. The molecule has 0 radical (unpaired) electrons. The first-order valence-corrected chi connectivity index (χ1v) is 7.46. The first-order valence-electron chi connectivity index (χ1n) is 7.46. The van der Waals surface area contributed by atoms with Crippen molar-refractivity contribution >= 4 is 11.5 Å². The van der Waals surface area contributed by atoms with Crippen LogP contribution in [0.1, 0.15) is 36.6 Å². The minimum absolute atomic E-state index is 0.340. The summed E-state index contributed by atoms with van der Waals surface area (Å²) < 4.78 is 0. The van der Waals surface area contributed by atoms with E-state index >= 15 is 0 Å². The molecule has 0 aliphatic carbocycles. The fourth-order valence-corrected chi connectivity index (χ4v) is 3.15. The third kappa shape index (κ3) is 2.35. The van der Waals surface area contributed by atoms with Gasteiger partial charge in [-0.2, -0.15) is 0 Å². The second-order valence-electron chi connectivity index (χ2n) is 6.10. The van der Waals surface area contributed by atoms with Crippen molar-refractivity contribution in [1.29, 1.82) is 0 Å². The molecule has 1 aliphatic heterocycles. The average Bonchev–Trinajstić information content (AvgIpc) is 2.78. The molecule has 0 saturated carbocycles. The van der Waals surface area contributed by atoms with Crippen molar-refractivity contribution in [2.45, 2.75) is 33.1 Å². The number of likely N-dealkylation sites (N-methyl/N-ethyl adjacent to an activating group) is 1. The lowest BCUT2D eigenvalue weighted by molar-refractivity contribution is 0.836. The minimum atomic E-state index is 0.340. The van der Waals surface area contributed by atoms with Crippen LogP contribution < -0.4 is 10.6 Å². The zero-order valence-electron chi connectivity index (χ0n) is 13.1. The largest absolute Gasteiger partial charge is 0.383 e. The van der Waals surface area contributed by atoms with Crippen LogP contribution in [0.4, 0.5) is 11.5 Å². The molecule has 1 aromatic heterocycles. The molecule has 2 aromatic rings. The number of hydrogen-bond donors (Lipinski definition) is 1. The van der Waals surface area contributed by atoms with E-state index in [-0.39, 0.29) is 0 Å². The topological polar surface area (TPSA) is 55.0 Å². The number of benzene rings is 1. The van der Waals surface area contributed by atoms with E-state index < -0.39 is 0 Å². The van der Waals surface area contributed by atoms with Crippen molar-refractivity contribution in [1.82, 2.24) is 9.97 Å². The van der Waals surface area contributed by atoms with Gasteiger partial charge >= 0.3 is 0 Å². The molecule has 2 N–H and O–H groups in total. The molecular formula is C17H22N4. The number of rotatable bonds is 2. The van der Waals surface area contributed by atoms with Crippen LogP contribution in [-0.2, 0) is 6.42 Å². The molecule has 4 heteroatoms. The summed E-state index contributed by atoms with van der Waals surface area (Å²) in [6.45, 7) is 7.32. The SMILES string of the molecule is Cc1nc(-c2ccc3c(c2)CCN3C)nc(N)c1C(C)C. The van der Waals surface area contributed by atoms with E-state index in [4.69, 9.17) is 5.73 Å². The average molecular weight is 282 g/mol. The van der Waals surface area contributed by atoms with Crippen molar-refractivity contribution in [3.8, 4) is 11.4 Å². The lowest BCUT2D eigenvalue weighted by Gasteiger charge is -2.14. The van der Waals surface area contributed by atoms with Crippen LogP contribution in [0, 0.1) is 6.92 Å². The normalized spacial score (nSPS) is 13.9. The van der Waals surface area contributed by atoms with Gasteiger partial charge in [0.1, 0.15) is 5.82 Å². The van der Waals surface area contributed by atoms with E-state index in [9.17, 15) is 0 Å². The maximum absolute atomic E-state index is 6.14. The highest BCUT2D eigenvalue weighted by molar-refractivity contribution is 5.67. The fourth-order valence-electron chi connectivity index (χ4n) is 3.15. The van der Waals surface area contributed by atoms with E-state index in [0.717, 1.165) is 35.6 Å². The molecule has 0 fully saturated rings. The van der Waals surface area contributed by atoms with Gasteiger partial charge in [-0.05, 0) is 43.0 Å². The highest BCUT2D eigenvalue weighted by atomic mass is 15.1. The van der Waals surface area contributed by atoms with Gasteiger partial charge < -0.3 is 10.6 Å². The summed E-state index contributed by atoms with van der Waals surface area (Å²) in [5.41, 5.74) is 11.9. The number of aromatic nitrogens is 2. The van der Waals surface area contributed by atoms with Gasteiger partial charge in [0, 0.05) is 36.1 Å². The molecule has 110 valence electrons. The zero-order valence-corrected chi connectivity index (χ0v) is 13.1. The minimum Gasteiger partial charge on any atom is -0.383 e. The zero-order chi connectivity index (χ0) is 15.1. The molecule has 0 amide bonds. The van der Waals surface area contributed by atoms with Crippen LogP contribution in [0.3, 0.4) is 0 Å². The Bertz CT molecular complexity index is 668. The van der Waals surface area contributed by atoms with E-state index in [1.54, 1.807) is 0 Å². The van der Waals surface area contributed by atoms with Crippen LogP contribution in [0.15, 0.2) is 18.2 Å². The van der Waals surface area contributed by atoms with Crippen LogP contribution in [-0.4, -0.2) is 23.6 Å². The Hall–Kier alpha value is -2.10. The van der Waals surface area contributed by atoms with Gasteiger partial charge in [-0.25, -0.2) is 9.97 Å². The fraction of sp³-hybridized carbons (Fsp3) is 0.412. The van der Waals surface area contributed by atoms with Crippen LogP contribution >= 0.6 is 0 Å². The highest BCUT2D eigenvalue weighted by Gasteiger charge is 2.18. The lowest BCUT2D eigenvalue weighted by Crippen LogP contribution is -2.12. The third-order valence-electron chi connectivity index (χ3n) is 4.21. The van der Waals surface area contributed by atoms with Gasteiger partial charge in [0.25, 0.3) is 0 Å². The van der Waals surface area contributed by atoms with Crippen molar-refractivity contribution in [2.75, 3.05) is 24.2 Å². The number of nitrogens with zero attached hydrogens (tertiary/aromatic N) is 3. The summed E-state index contributed by atoms with van der Waals surface area (Å²) in [6, 6.07) is 6.44. The van der Waals surface area contributed by atoms with Crippen LogP contribution in [0.25, 0.3) is 11.4 Å². The maximum atomic E-state index is 6.14. The van der Waals surface area contributed by atoms with E-state index in [2.05, 4.69) is 54.0 Å².